The molecule has 2 aromatic rings. The van der Waals surface area contributed by atoms with E-state index in [1.807, 2.05) is 0 Å². The van der Waals surface area contributed by atoms with E-state index in [9.17, 15) is 4.39 Å². The molecule has 0 N–H and O–H groups in total. The summed E-state index contributed by atoms with van der Waals surface area (Å²) in [6.45, 7) is 6.55. The molecule has 0 amide bonds. The molecule has 0 fully saturated rings. The SMILES string of the molecule is CCC(C)CC(C)n1c(CCl)nc2cc(Br)c(F)cc21. The molecule has 1 aromatic heterocycles. The number of rotatable bonds is 5. The third kappa shape index (κ3) is 3.01. The highest BCUT2D eigenvalue weighted by atomic mass is 79.9. The Morgan fingerprint density at radius 3 is 2.70 bits per heavy atom. The first-order valence-corrected chi connectivity index (χ1v) is 8.22. The Kier molecular flexibility index (Phi) is 5.08. The summed E-state index contributed by atoms with van der Waals surface area (Å²) in [6.07, 6.45) is 2.16. The van der Waals surface area contributed by atoms with Gasteiger partial charge in [-0.15, -0.1) is 11.6 Å². The van der Waals surface area contributed by atoms with Gasteiger partial charge in [-0.2, -0.15) is 0 Å². The van der Waals surface area contributed by atoms with Crippen molar-refractivity contribution in [1.29, 1.82) is 0 Å². The molecule has 0 saturated carbocycles. The first-order valence-electron chi connectivity index (χ1n) is 6.89. The summed E-state index contributed by atoms with van der Waals surface area (Å²) < 4.78 is 16.3. The van der Waals surface area contributed by atoms with Crippen LogP contribution in [0.1, 0.15) is 45.5 Å². The molecule has 20 heavy (non-hydrogen) atoms. The Bertz CT molecular complexity index is 611. The van der Waals surface area contributed by atoms with E-state index in [1.165, 1.54) is 6.07 Å². The zero-order valence-corrected chi connectivity index (χ0v) is 14.3. The molecule has 2 nitrogen and oxygen atoms in total. The largest absolute Gasteiger partial charge is 0.324 e. The summed E-state index contributed by atoms with van der Waals surface area (Å²) in [5.41, 5.74) is 1.60. The Balaban J connectivity index is 2.52. The van der Waals surface area contributed by atoms with Crippen LogP contribution in [0.5, 0.6) is 0 Å². The van der Waals surface area contributed by atoms with E-state index >= 15 is 0 Å². The lowest BCUT2D eigenvalue weighted by molar-refractivity contribution is 0.399. The summed E-state index contributed by atoms with van der Waals surface area (Å²) in [4.78, 5) is 4.52. The van der Waals surface area contributed by atoms with E-state index in [4.69, 9.17) is 11.6 Å². The minimum absolute atomic E-state index is 0.254. The number of hydrogen-bond donors (Lipinski definition) is 0. The van der Waals surface area contributed by atoms with E-state index in [1.54, 1.807) is 6.07 Å². The summed E-state index contributed by atoms with van der Waals surface area (Å²) in [5.74, 6) is 1.48. The molecule has 110 valence electrons. The maximum Gasteiger partial charge on any atom is 0.139 e. The second-order valence-corrected chi connectivity index (χ2v) is 6.51. The van der Waals surface area contributed by atoms with E-state index < -0.39 is 0 Å². The maximum atomic E-state index is 13.8. The molecule has 0 aliphatic rings. The number of nitrogens with zero attached hydrogens (tertiary/aromatic N) is 2. The molecular weight excluding hydrogens is 343 g/mol. The summed E-state index contributed by atoms with van der Waals surface area (Å²) >= 11 is 9.21. The molecule has 2 atom stereocenters. The van der Waals surface area contributed by atoms with Gasteiger partial charge in [-0.25, -0.2) is 9.37 Å². The van der Waals surface area contributed by atoms with Crippen LogP contribution in [0.25, 0.3) is 11.0 Å². The smallest absolute Gasteiger partial charge is 0.139 e. The van der Waals surface area contributed by atoms with Gasteiger partial charge in [-0.3, -0.25) is 0 Å². The number of halogens is 3. The first-order chi connectivity index (χ1) is 9.47. The van der Waals surface area contributed by atoms with Gasteiger partial charge in [0, 0.05) is 12.1 Å². The summed E-state index contributed by atoms with van der Waals surface area (Å²) in [6, 6.07) is 3.51. The lowest BCUT2D eigenvalue weighted by atomic mass is 10.00. The molecule has 1 heterocycles. The highest BCUT2D eigenvalue weighted by Gasteiger charge is 2.18. The van der Waals surface area contributed by atoms with Crippen LogP contribution in [-0.4, -0.2) is 9.55 Å². The van der Waals surface area contributed by atoms with Crippen LogP contribution in [0, 0.1) is 11.7 Å². The fraction of sp³-hybridized carbons (Fsp3) is 0.533. The zero-order valence-electron chi connectivity index (χ0n) is 12.0. The van der Waals surface area contributed by atoms with Gasteiger partial charge in [-0.1, -0.05) is 20.3 Å². The molecule has 5 heteroatoms. The molecule has 0 aliphatic heterocycles. The minimum Gasteiger partial charge on any atom is -0.324 e. The molecule has 0 saturated heterocycles. The molecule has 0 aliphatic carbocycles. The minimum atomic E-state index is -0.268. The van der Waals surface area contributed by atoms with Crippen molar-refractivity contribution in [3.63, 3.8) is 0 Å². The second-order valence-electron chi connectivity index (χ2n) is 5.38. The quantitative estimate of drug-likeness (QED) is 0.627. The number of hydrogen-bond acceptors (Lipinski definition) is 1. The van der Waals surface area contributed by atoms with Crippen LogP contribution >= 0.6 is 27.5 Å². The molecule has 1 aromatic carbocycles. The Morgan fingerprint density at radius 1 is 1.40 bits per heavy atom. The Hall–Kier alpha value is -0.610. The average molecular weight is 362 g/mol. The number of imidazole rings is 1. The van der Waals surface area contributed by atoms with Crippen molar-refractivity contribution in [3.05, 3.63) is 28.2 Å². The van der Waals surface area contributed by atoms with E-state index in [0.717, 1.165) is 29.7 Å². The molecular formula is C15H19BrClFN2. The van der Waals surface area contributed by atoms with Crippen LogP contribution in [-0.2, 0) is 5.88 Å². The van der Waals surface area contributed by atoms with Gasteiger partial charge in [0.2, 0.25) is 0 Å². The van der Waals surface area contributed by atoms with Crippen molar-refractivity contribution in [3.8, 4) is 0 Å². The maximum absolute atomic E-state index is 13.8. The van der Waals surface area contributed by atoms with Gasteiger partial charge in [0.15, 0.2) is 0 Å². The van der Waals surface area contributed by atoms with E-state index in [-0.39, 0.29) is 11.9 Å². The fourth-order valence-electron chi connectivity index (χ4n) is 2.58. The van der Waals surface area contributed by atoms with Gasteiger partial charge >= 0.3 is 0 Å². The van der Waals surface area contributed by atoms with Crippen molar-refractivity contribution in [1.82, 2.24) is 9.55 Å². The molecule has 2 rings (SSSR count). The normalized spacial score (nSPS) is 14.7. The van der Waals surface area contributed by atoms with E-state index in [0.29, 0.717) is 16.3 Å². The highest BCUT2D eigenvalue weighted by Crippen LogP contribution is 2.30. The van der Waals surface area contributed by atoms with Crippen molar-refractivity contribution in [2.24, 2.45) is 5.92 Å². The predicted octanol–water partition coefficient (Wildman–Crippen LogP) is 5.67. The first kappa shape index (κ1) is 15.8. The van der Waals surface area contributed by atoms with Crippen LogP contribution in [0.3, 0.4) is 0 Å². The van der Waals surface area contributed by atoms with E-state index in [2.05, 4.69) is 46.3 Å². The average Bonchev–Trinajstić information content (AvgIpc) is 2.76. The van der Waals surface area contributed by atoms with Crippen molar-refractivity contribution < 1.29 is 4.39 Å². The van der Waals surface area contributed by atoms with Crippen LogP contribution in [0.2, 0.25) is 0 Å². The van der Waals surface area contributed by atoms with Crippen molar-refractivity contribution in [2.45, 2.75) is 45.5 Å². The van der Waals surface area contributed by atoms with Gasteiger partial charge in [0.25, 0.3) is 0 Å². The molecule has 2 unspecified atom stereocenters. The number of benzene rings is 1. The van der Waals surface area contributed by atoms with Crippen LogP contribution < -0.4 is 0 Å². The Labute approximate surface area is 132 Å². The van der Waals surface area contributed by atoms with Gasteiger partial charge in [0.1, 0.15) is 11.6 Å². The molecule has 0 spiro atoms. The summed E-state index contributed by atoms with van der Waals surface area (Å²) in [5, 5.41) is 0. The lowest BCUT2D eigenvalue weighted by Gasteiger charge is -2.20. The van der Waals surface area contributed by atoms with Crippen LogP contribution in [0.15, 0.2) is 16.6 Å². The van der Waals surface area contributed by atoms with Crippen LogP contribution in [0.4, 0.5) is 4.39 Å². The lowest BCUT2D eigenvalue weighted by Crippen LogP contribution is -2.11. The highest BCUT2D eigenvalue weighted by molar-refractivity contribution is 9.10. The monoisotopic (exact) mass is 360 g/mol. The topological polar surface area (TPSA) is 17.8 Å². The number of aromatic nitrogens is 2. The predicted molar refractivity (Wildman–Crippen MR) is 85.7 cm³/mol. The van der Waals surface area contributed by atoms with Crippen molar-refractivity contribution in [2.75, 3.05) is 0 Å². The number of fused-ring (bicyclic) bond motifs is 1. The fourth-order valence-corrected chi connectivity index (χ4v) is 3.10. The molecule has 0 radical (unpaired) electrons. The standard InChI is InChI=1S/C15H19BrClFN2/c1-4-9(2)5-10(3)20-14-7-12(18)11(16)6-13(14)19-15(20)8-17/h6-7,9-10H,4-5,8H2,1-3H3. The molecule has 0 bridgehead atoms. The second kappa shape index (κ2) is 6.44. The number of alkyl halides is 1. The Morgan fingerprint density at radius 2 is 2.10 bits per heavy atom. The zero-order chi connectivity index (χ0) is 14.9. The van der Waals surface area contributed by atoms with Crippen molar-refractivity contribution >= 4 is 38.6 Å². The summed E-state index contributed by atoms with van der Waals surface area (Å²) in [7, 11) is 0. The van der Waals surface area contributed by atoms with Gasteiger partial charge in [0.05, 0.1) is 21.4 Å². The van der Waals surface area contributed by atoms with Gasteiger partial charge in [-0.05, 0) is 41.3 Å². The third-order valence-electron chi connectivity index (χ3n) is 3.81. The van der Waals surface area contributed by atoms with Gasteiger partial charge < -0.3 is 4.57 Å². The third-order valence-corrected chi connectivity index (χ3v) is 4.65.